The number of benzene rings is 1. The standard InChI is InChI=1S/C11H17NO2P.Pb/c1-3-15(13,14)10-12(2)9-11-7-5-4-6-8-11;/h4-8H,2-3,9-10H2,1H3,(H,13,14);. The summed E-state index contributed by atoms with van der Waals surface area (Å²) < 4.78 is 12.6. The zero-order valence-electron chi connectivity index (χ0n) is 9.47. The second-order valence-electron chi connectivity index (χ2n) is 3.78. The van der Waals surface area contributed by atoms with Gasteiger partial charge in [0.05, 0.1) is 0 Å². The van der Waals surface area contributed by atoms with E-state index in [4.69, 9.17) is 0 Å². The normalized spacial score (nSPS) is 15.0. The van der Waals surface area contributed by atoms with Gasteiger partial charge in [0.15, 0.2) is 0 Å². The van der Waals surface area contributed by atoms with Crippen LogP contribution < -0.4 is 0 Å². The molecule has 5 heteroatoms. The molecule has 1 aromatic rings. The van der Waals surface area contributed by atoms with E-state index in [0.29, 0.717) is 12.4 Å². The fourth-order valence-corrected chi connectivity index (χ4v) is 4.04. The first kappa shape index (κ1) is 14.4. The van der Waals surface area contributed by atoms with Gasteiger partial charge in [-0.05, 0) is 0 Å². The molecule has 0 aliphatic heterocycles. The topological polar surface area (TPSA) is 40.5 Å². The molecule has 1 atom stereocenters. The van der Waals surface area contributed by atoms with Crippen LogP contribution in [0.3, 0.4) is 0 Å². The minimum absolute atomic E-state index is 0.321. The molecule has 0 saturated heterocycles. The van der Waals surface area contributed by atoms with Gasteiger partial charge in [-0.3, -0.25) is 0 Å². The van der Waals surface area contributed by atoms with E-state index >= 15 is 0 Å². The summed E-state index contributed by atoms with van der Waals surface area (Å²) in [6.45, 7) is 2.55. The summed E-state index contributed by atoms with van der Waals surface area (Å²) in [4.78, 5) is 11.7. The Morgan fingerprint density at radius 3 is 2.50 bits per heavy atom. The van der Waals surface area contributed by atoms with Crippen LogP contribution in [0, 0.1) is 0 Å². The predicted molar refractivity (Wildman–Crippen MR) is 67.8 cm³/mol. The van der Waals surface area contributed by atoms with Crippen molar-refractivity contribution < 1.29 is 9.46 Å². The summed E-state index contributed by atoms with van der Waals surface area (Å²) in [5.74, 6) is 0. The van der Waals surface area contributed by atoms with Gasteiger partial charge < -0.3 is 0 Å². The van der Waals surface area contributed by atoms with Crippen LogP contribution in [0.1, 0.15) is 12.5 Å². The second kappa shape index (κ2) is 6.89. The third kappa shape index (κ3) is 5.08. The molecule has 1 unspecified atom stereocenters. The molecule has 0 amide bonds. The van der Waals surface area contributed by atoms with Crippen molar-refractivity contribution >= 4 is 33.1 Å². The summed E-state index contributed by atoms with van der Waals surface area (Å²) in [6.07, 6.45) is 0.682. The molecule has 16 heavy (non-hydrogen) atoms. The number of rotatable bonds is 6. The van der Waals surface area contributed by atoms with E-state index in [1.54, 1.807) is 6.92 Å². The van der Waals surface area contributed by atoms with Gasteiger partial charge in [0.1, 0.15) is 0 Å². The molecule has 1 rings (SSSR count). The van der Waals surface area contributed by atoms with Crippen molar-refractivity contribution in [1.29, 1.82) is 0 Å². The van der Waals surface area contributed by atoms with Crippen molar-refractivity contribution in [2.45, 2.75) is 13.5 Å². The Balaban J connectivity index is 2.60. The summed E-state index contributed by atoms with van der Waals surface area (Å²) in [7, 11) is -2.93. The molecule has 1 aromatic carbocycles. The Morgan fingerprint density at radius 1 is 1.38 bits per heavy atom. The monoisotopic (exact) mass is 434 g/mol. The first-order chi connectivity index (χ1) is 7.57. The van der Waals surface area contributed by atoms with Crippen molar-refractivity contribution in [3.8, 4) is 0 Å². The van der Waals surface area contributed by atoms with E-state index in [2.05, 4.69) is 17.0 Å². The van der Waals surface area contributed by atoms with Gasteiger partial charge in [-0.25, -0.2) is 0 Å². The van der Waals surface area contributed by atoms with E-state index in [1.807, 2.05) is 18.2 Å². The van der Waals surface area contributed by atoms with Crippen LogP contribution in [0.2, 0.25) is 0 Å². The van der Waals surface area contributed by atoms with E-state index in [1.165, 1.54) is 5.56 Å². The quantitative estimate of drug-likeness (QED) is 0.550. The summed E-state index contributed by atoms with van der Waals surface area (Å²) in [6, 6.07) is 10.1. The van der Waals surface area contributed by atoms with Gasteiger partial charge in [0.2, 0.25) is 0 Å². The Bertz CT molecular complexity index is 358. The molecule has 0 heterocycles. The first-order valence-electron chi connectivity index (χ1n) is 5.29. The zero-order valence-corrected chi connectivity index (χ0v) is 14.2. The van der Waals surface area contributed by atoms with E-state index < -0.39 is 7.37 Å². The molecule has 0 saturated carbocycles. The molecule has 0 bridgehead atoms. The summed E-state index contributed by atoms with van der Waals surface area (Å²) in [5.41, 5.74) is 1.20. The predicted octanol–water partition coefficient (Wildman–Crippen LogP) is 1.86. The SMILES string of the molecule is CCP(=O)(O)CN([CH2][Pb])Cc1ccccc1. The van der Waals surface area contributed by atoms with Crippen LogP contribution >= 0.6 is 7.37 Å². The Morgan fingerprint density at radius 2 is 2.00 bits per heavy atom. The minimum atomic E-state index is -2.93. The van der Waals surface area contributed by atoms with Gasteiger partial charge in [-0.2, -0.15) is 0 Å². The molecular formula is C11H17NO2PPb. The fraction of sp³-hybridized carbons (Fsp3) is 0.455. The Hall–Kier alpha value is 0.292. The maximum absolute atomic E-state index is 11.7. The van der Waals surface area contributed by atoms with Crippen LogP contribution in [0.25, 0.3) is 0 Å². The molecule has 0 aromatic heterocycles. The molecule has 0 aliphatic carbocycles. The van der Waals surface area contributed by atoms with E-state index in [9.17, 15) is 9.46 Å². The third-order valence-electron chi connectivity index (χ3n) is 2.39. The molecule has 0 spiro atoms. The van der Waals surface area contributed by atoms with Crippen LogP contribution in [0.4, 0.5) is 0 Å². The molecule has 3 nitrogen and oxygen atoms in total. The van der Waals surface area contributed by atoms with Gasteiger partial charge in [0.25, 0.3) is 0 Å². The van der Waals surface area contributed by atoms with Crippen molar-refractivity contribution in [2.75, 3.05) is 16.6 Å². The summed E-state index contributed by atoms with van der Waals surface area (Å²) >= 11 is 1.02. The number of nitrogens with zero attached hydrogens (tertiary/aromatic N) is 1. The Labute approximate surface area is 113 Å². The fourth-order valence-electron chi connectivity index (χ4n) is 1.41. The maximum atomic E-state index is 11.7. The first-order valence-corrected chi connectivity index (χ1v) is 10.1. The molecule has 0 aliphatic rings. The van der Waals surface area contributed by atoms with Gasteiger partial charge in [-0.15, -0.1) is 0 Å². The number of hydrogen-bond acceptors (Lipinski definition) is 2. The van der Waals surface area contributed by atoms with E-state index in [0.717, 1.165) is 36.4 Å². The molecular weight excluding hydrogens is 416 g/mol. The van der Waals surface area contributed by atoms with Crippen molar-refractivity contribution in [3.63, 3.8) is 0 Å². The summed E-state index contributed by atoms with van der Waals surface area (Å²) in [5, 5.41) is 0. The van der Waals surface area contributed by atoms with Gasteiger partial charge >= 0.3 is 113 Å². The van der Waals surface area contributed by atoms with Crippen LogP contribution in [0.5, 0.6) is 0 Å². The average Bonchev–Trinajstić information content (AvgIpc) is 2.29. The van der Waals surface area contributed by atoms with Crippen molar-refractivity contribution in [3.05, 3.63) is 35.9 Å². The average molecular weight is 433 g/mol. The van der Waals surface area contributed by atoms with Gasteiger partial charge in [-0.1, -0.05) is 0 Å². The van der Waals surface area contributed by atoms with Gasteiger partial charge in [0, 0.05) is 0 Å². The van der Waals surface area contributed by atoms with Crippen molar-refractivity contribution in [2.24, 2.45) is 0 Å². The van der Waals surface area contributed by atoms with Crippen LogP contribution in [-0.2, 0) is 11.1 Å². The Kier molecular flexibility index (Phi) is 6.18. The molecule has 3 radical (unpaired) electrons. The molecule has 87 valence electrons. The zero-order chi connectivity index (χ0) is 12.0. The number of hydrogen-bond donors (Lipinski definition) is 1. The molecule has 1 N–H and O–H groups in total. The molecule has 0 fully saturated rings. The van der Waals surface area contributed by atoms with Crippen LogP contribution in [-0.4, -0.2) is 52.1 Å². The van der Waals surface area contributed by atoms with Crippen molar-refractivity contribution in [1.82, 2.24) is 4.90 Å². The van der Waals surface area contributed by atoms with Crippen LogP contribution in [0.15, 0.2) is 30.3 Å². The second-order valence-corrected chi connectivity index (χ2v) is 7.61. The van der Waals surface area contributed by atoms with E-state index in [-0.39, 0.29) is 0 Å². The third-order valence-corrected chi connectivity index (χ3v) is 5.96.